The third-order valence-electron chi connectivity index (χ3n) is 4.16. The average Bonchev–Trinajstić information content (AvgIpc) is 2.54. The molecule has 1 heterocycles. The van der Waals surface area contributed by atoms with E-state index in [4.69, 9.17) is 0 Å². The predicted octanol–water partition coefficient (Wildman–Crippen LogP) is 2.49. The first-order valence-electron chi connectivity index (χ1n) is 8.33. The monoisotopic (exact) mass is 370 g/mol. The quantitative estimate of drug-likeness (QED) is 0.749. The molecule has 7 heteroatoms. The lowest BCUT2D eigenvalue weighted by atomic mass is 9.99. The van der Waals surface area contributed by atoms with Gasteiger partial charge < -0.3 is 4.90 Å². The summed E-state index contributed by atoms with van der Waals surface area (Å²) < 4.78 is 24.9. The molecule has 24 heavy (non-hydrogen) atoms. The Labute approximate surface area is 149 Å². The van der Waals surface area contributed by atoms with Gasteiger partial charge in [0.05, 0.1) is 11.5 Å². The molecule has 1 N–H and O–H groups in total. The number of nitrogens with zero attached hydrogens (tertiary/aromatic N) is 1. The molecule has 1 aliphatic heterocycles. The van der Waals surface area contributed by atoms with Crippen molar-refractivity contribution >= 4 is 27.7 Å². The minimum Gasteiger partial charge on any atom is -0.339 e. The van der Waals surface area contributed by atoms with Crippen molar-refractivity contribution in [3.63, 3.8) is 0 Å². The lowest BCUT2D eigenvalue weighted by molar-refractivity contribution is -0.134. The number of hydrogen-bond donors (Lipinski definition) is 1. The number of nitrogens with one attached hydrogen (secondary N) is 1. The van der Waals surface area contributed by atoms with Crippen LogP contribution in [0.25, 0.3) is 0 Å². The van der Waals surface area contributed by atoms with Gasteiger partial charge in [-0.2, -0.15) is 0 Å². The van der Waals surface area contributed by atoms with Crippen LogP contribution in [0.2, 0.25) is 0 Å². The van der Waals surface area contributed by atoms with E-state index in [-0.39, 0.29) is 17.2 Å². The largest absolute Gasteiger partial charge is 0.339 e. The molecule has 2 atom stereocenters. The van der Waals surface area contributed by atoms with Crippen molar-refractivity contribution in [1.29, 1.82) is 0 Å². The molecule has 5 nitrogen and oxygen atoms in total. The Bertz CT molecular complexity index is 634. The lowest BCUT2D eigenvalue weighted by Gasteiger charge is -2.37. The van der Waals surface area contributed by atoms with Crippen molar-refractivity contribution in [2.45, 2.75) is 48.8 Å². The molecule has 0 aromatic heterocycles. The van der Waals surface area contributed by atoms with Crippen LogP contribution in [0.4, 0.5) is 0 Å². The van der Waals surface area contributed by atoms with Gasteiger partial charge in [-0.25, -0.2) is 13.1 Å². The van der Waals surface area contributed by atoms with Gasteiger partial charge in [-0.15, -0.1) is 11.8 Å². The van der Waals surface area contributed by atoms with Gasteiger partial charge in [-0.1, -0.05) is 18.2 Å². The van der Waals surface area contributed by atoms with Crippen LogP contribution in [-0.2, 0) is 14.8 Å². The van der Waals surface area contributed by atoms with E-state index >= 15 is 0 Å². The van der Waals surface area contributed by atoms with Gasteiger partial charge >= 0.3 is 0 Å². The van der Waals surface area contributed by atoms with Gasteiger partial charge in [-0.3, -0.25) is 4.79 Å². The average molecular weight is 371 g/mol. The standard InChI is InChI=1S/C17H26N2O3S2/c1-14(23-16-9-4-3-5-10-16)17(20)19-13-7-6-8-15(19)11-12-18-24(2,21)22/h3-5,9-10,14-15,18H,6-8,11-13H2,1-2H3. The molecule has 0 saturated carbocycles. The number of piperidine rings is 1. The van der Waals surface area contributed by atoms with Crippen LogP contribution in [0.1, 0.15) is 32.6 Å². The number of carbonyl (C=O) groups excluding carboxylic acids is 1. The SMILES string of the molecule is CC(Sc1ccccc1)C(=O)N1CCCCC1CCNS(C)(=O)=O. The number of thioether (sulfide) groups is 1. The second-order valence-corrected chi connectivity index (χ2v) is 9.46. The highest BCUT2D eigenvalue weighted by Gasteiger charge is 2.29. The van der Waals surface area contributed by atoms with Gasteiger partial charge in [0.15, 0.2) is 0 Å². The van der Waals surface area contributed by atoms with Crippen LogP contribution in [0.15, 0.2) is 35.2 Å². The van der Waals surface area contributed by atoms with Crippen LogP contribution >= 0.6 is 11.8 Å². The van der Waals surface area contributed by atoms with E-state index in [1.165, 1.54) is 0 Å². The Morgan fingerprint density at radius 2 is 2.04 bits per heavy atom. The van der Waals surface area contributed by atoms with Gasteiger partial charge in [0, 0.05) is 24.0 Å². The molecule has 0 radical (unpaired) electrons. The Morgan fingerprint density at radius 1 is 1.33 bits per heavy atom. The van der Waals surface area contributed by atoms with Gasteiger partial charge in [0.25, 0.3) is 0 Å². The van der Waals surface area contributed by atoms with Gasteiger partial charge in [0.1, 0.15) is 0 Å². The summed E-state index contributed by atoms with van der Waals surface area (Å²) in [6, 6.07) is 10.1. The maximum atomic E-state index is 12.8. The summed E-state index contributed by atoms with van der Waals surface area (Å²) in [7, 11) is -3.18. The van der Waals surface area contributed by atoms with Crippen molar-refractivity contribution in [1.82, 2.24) is 9.62 Å². The predicted molar refractivity (Wildman–Crippen MR) is 98.6 cm³/mol. The summed E-state index contributed by atoms with van der Waals surface area (Å²) in [5.74, 6) is 0.146. The molecule has 0 spiro atoms. The first-order valence-corrected chi connectivity index (χ1v) is 11.1. The minimum absolute atomic E-state index is 0.124. The van der Waals surface area contributed by atoms with E-state index in [9.17, 15) is 13.2 Å². The number of amides is 1. The molecule has 1 aromatic carbocycles. The minimum atomic E-state index is -3.18. The number of sulfonamides is 1. The van der Waals surface area contributed by atoms with E-state index in [1.807, 2.05) is 42.2 Å². The highest BCUT2D eigenvalue weighted by molar-refractivity contribution is 8.00. The third kappa shape index (κ3) is 6.11. The number of rotatable bonds is 7. The molecule has 2 rings (SSSR count). The highest BCUT2D eigenvalue weighted by atomic mass is 32.2. The fraction of sp³-hybridized carbons (Fsp3) is 0.588. The first kappa shape index (κ1) is 19.3. The van der Waals surface area contributed by atoms with Crippen molar-refractivity contribution in [2.75, 3.05) is 19.3 Å². The van der Waals surface area contributed by atoms with E-state index in [0.717, 1.165) is 37.0 Å². The van der Waals surface area contributed by atoms with Gasteiger partial charge in [-0.05, 0) is 44.7 Å². The number of hydrogen-bond acceptors (Lipinski definition) is 4. The molecule has 0 aliphatic carbocycles. The second kappa shape index (κ2) is 8.87. The molecule has 1 fully saturated rings. The topological polar surface area (TPSA) is 66.5 Å². The molecular weight excluding hydrogens is 344 g/mol. The Morgan fingerprint density at radius 3 is 2.71 bits per heavy atom. The zero-order chi connectivity index (χ0) is 17.6. The number of benzene rings is 1. The van der Waals surface area contributed by atoms with E-state index in [2.05, 4.69) is 4.72 Å². The molecular formula is C17H26N2O3S2. The molecule has 1 saturated heterocycles. The Balaban J connectivity index is 1.94. The fourth-order valence-electron chi connectivity index (χ4n) is 2.99. The number of carbonyl (C=O) groups is 1. The first-order chi connectivity index (χ1) is 11.4. The van der Waals surface area contributed by atoms with Crippen LogP contribution in [0.5, 0.6) is 0 Å². The second-order valence-electron chi connectivity index (χ2n) is 6.21. The number of likely N-dealkylation sites (tertiary alicyclic amines) is 1. The fourth-order valence-corrected chi connectivity index (χ4v) is 4.44. The molecule has 134 valence electrons. The molecule has 1 aromatic rings. The van der Waals surface area contributed by atoms with Crippen molar-refractivity contribution in [3.8, 4) is 0 Å². The van der Waals surface area contributed by atoms with E-state index < -0.39 is 10.0 Å². The summed E-state index contributed by atoms with van der Waals surface area (Å²) in [6.45, 7) is 3.09. The molecule has 0 bridgehead atoms. The summed E-state index contributed by atoms with van der Waals surface area (Å²) in [6.07, 6.45) is 4.88. The van der Waals surface area contributed by atoms with E-state index in [1.54, 1.807) is 11.8 Å². The van der Waals surface area contributed by atoms with Crippen molar-refractivity contribution in [2.24, 2.45) is 0 Å². The summed E-state index contributed by atoms with van der Waals surface area (Å²) in [5, 5.41) is -0.143. The van der Waals surface area contributed by atoms with Crippen LogP contribution in [-0.4, -0.2) is 49.9 Å². The summed E-state index contributed by atoms with van der Waals surface area (Å²) in [4.78, 5) is 15.9. The summed E-state index contributed by atoms with van der Waals surface area (Å²) in [5.41, 5.74) is 0. The zero-order valence-electron chi connectivity index (χ0n) is 14.3. The molecule has 1 amide bonds. The Hall–Kier alpha value is -1.05. The third-order valence-corrected chi connectivity index (χ3v) is 5.98. The summed E-state index contributed by atoms with van der Waals surface area (Å²) >= 11 is 1.57. The maximum absolute atomic E-state index is 12.8. The molecule has 1 aliphatic rings. The van der Waals surface area contributed by atoms with E-state index in [0.29, 0.717) is 13.0 Å². The van der Waals surface area contributed by atoms with Crippen LogP contribution < -0.4 is 4.72 Å². The zero-order valence-corrected chi connectivity index (χ0v) is 15.9. The normalized spacial score (nSPS) is 19.9. The van der Waals surface area contributed by atoms with Crippen molar-refractivity contribution in [3.05, 3.63) is 30.3 Å². The van der Waals surface area contributed by atoms with Crippen LogP contribution in [0, 0.1) is 0 Å². The molecule has 2 unspecified atom stereocenters. The maximum Gasteiger partial charge on any atom is 0.236 e. The van der Waals surface area contributed by atoms with Crippen LogP contribution in [0.3, 0.4) is 0 Å². The van der Waals surface area contributed by atoms with Gasteiger partial charge in [0.2, 0.25) is 15.9 Å². The van der Waals surface area contributed by atoms with Crippen molar-refractivity contribution < 1.29 is 13.2 Å². The lowest BCUT2D eigenvalue weighted by Crippen LogP contribution is -2.48. The highest BCUT2D eigenvalue weighted by Crippen LogP contribution is 2.27. The Kier molecular flexibility index (Phi) is 7.13. The smallest absolute Gasteiger partial charge is 0.236 e.